The number of rotatable bonds is 5. The van der Waals surface area contributed by atoms with Gasteiger partial charge < -0.3 is 0 Å². The van der Waals surface area contributed by atoms with Gasteiger partial charge in [0, 0.05) is 0 Å². The van der Waals surface area contributed by atoms with Crippen LogP contribution in [-0.4, -0.2) is 0 Å². The highest BCUT2D eigenvalue weighted by molar-refractivity contribution is 5.18. The van der Waals surface area contributed by atoms with E-state index < -0.39 is 0 Å². The minimum Gasteiger partial charge on any atom is -0.100 e. The molecule has 0 aromatic heterocycles. The molecule has 0 amide bonds. The van der Waals surface area contributed by atoms with Gasteiger partial charge >= 0.3 is 0 Å². The molecule has 0 spiro atoms. The zero-order chi connectivity index (χ0) is 10.4. The Bertz CT molecular complexity index is 271. The van der Waals surface area contributed by atoms with Crippen molar-refractivity contribution in [2.45, 2.75) is 39.0 Å². The maximum absolute atomic E-state index is 3.92. The van der Waals surface area contributed by atoms with E-state index in [0.29, 0.717) is 5.92 Å². The molecule has 1 unspecified atom stereocenters. The Balaban J connectivity index is 2.36. The van der Waals surface area contributed by atoms with Crippen LogP contribution < -0.4 is 0 Å². The van der Waals surface area contributed by atoms with Crippen LogP contribution in [0.3, 0.4) is 0 Å². The highest BCUT2D eigenvalue weighted by Gasteiger charge is 2.03. The van der Waals surface area contributed by atoms with E-state index in [4.69, 9.17) is 0 Å². The normalized spacial score (nSPS) is 12.4. The molecule has 0 nitrogen and oxygen atoms in total. The predicted octanol–water partition coefficient (Wildman–Crippen LogP) is 4.54. The molecule has 0 aliphatic heterocycles. The van der Waals surface area contributed by atoms with E-state index in [-0.39, 0.29) is 0 Å². The van der Waals surface area contributed by atoms with Crippen molar-refractivity contribution in [1.29, 1.82) is 0 Å². The summed E-state index contributed by atoms with van der Waals surface area (Å²) in [5.74, 6) is 0.676. The molecule has 0 N–H and O–H groups in total. The molecule has 0 heterocycles. The summed E-state index contributed by atoms with van der Waals surface area (Å²) >= 11 is 0. The van der Waals surface area contributed by atoms with E-state index in [1.54, 1.807) is 0 Å². The van der Waals surface area contributed by atoms with Crippen molar-refractivity contribution in [3.63, 3.8) is 0 Å². The summed E-state index contributed by atoms with van der Waals surface area (Å²) < 4.78 is 0. The van der Waals surface area contributed by atoms with Gasteiger partial charge in [-0.25, -0.2) is 0 Å². The van der Waals surface area contributed by atoms with Crippen LogP contribution in [0.5, 0.6) is 0 Å². The molecule has 1 aromatic carbocycles. The quantitative estimate of drug-likeness (QED) is 0.595. The fourth-order valence-electron chi connectivity index (χ4n) is 1.66. The first-order chi connectivity index (χ1) is 6.70. The monoisotopic (exact) mass is 188 g/mol. The molecule has 0 aliphatic carbocycles. The van der Waals surface area contributed by atoms with E-state index in [1.165, 1.54) is 24.0 Å². The van der Waals surface area contributed by atoms with Crippen molar-refractivity contribution < 1.29 is 0 Å². The zero-order valence-corrected chi connectivity index (χ0v) is 9.29. The smallest absolute Gasteiger partial charge is 0.0190 e. The van der Waals surface area contributed by atoms with E-state index in [2.05, 4.69) is 50.8 Å². The first-order valence-electron chi connectivity index (χ1n) is 5.39. The second kappa shape index (κ2) is 5.64. The molecule has 1 atom stereocenters. The Hall–Kier alpha value is -1.04. The maximum Gasteiger partial charge on any atom is -0.0190 e. The third kappa shape index (κ3) is 3.78. The second-order valence-corrected chi connectivity index (χ2v) is 4.16. The van der Waals surface area contributed by atoms with Gasteiger partial charge in [0.25, 0.3) is 0 Å². The Morgan fingerprint density at radius 1 is 1.29 bits per heavy atom. The van der Waals surface area contributed by atoms with Crippen LogP contribution in [0.25, 0.3) is 0 Å². The van der Waals surface area contributed by atoms with Gasteiger partial charge in [0.1, 0.15) is 0 Å². The standard InChI is InChI=1S/C14H20/c1-12(2)8-7-9-13(3)14-10-5-4-6-11-14/h4-6,10-11,13H,1,7-9H2,2-3H3. The zero-order valence-electron chi connectivity index (χ0n) is 9.29. The van der Waals surface area contributed by atoms with Gasteiger partial charge in [-0.2, -0.15) is 0 Å². The topological polar surface area (TPSA) is 0 Å². The van der Waals surface area contributed by atoms with Crippen LogP contribution in [0, 0.1) is 0 Å². The SMILES string of the molecule is C=C(C)CCCC(C)c1ccccc1. The lowest BCUT2D eigenvalue weighted by Gasteiger charge is -2.11. The minimum absolute atomic E-state index is 0.676. The summed E-state index contributed by atoms with van der Waals surface area (Å²) in [6, 6.07) is 10.7. The van der Waals surface area contributed by atoms with Crippen molar-refractivity contribution in [3.05, 3.63) is 48.0 Å². The molecule has 0 saturated heterocycles. The van der Waals surface area contributed by atoms with Crippen LogP contribution in [0.2, 0.25) is 0 Å². The number of allylic oxidation sites excluding steroid dienone is 1. The van der Waals surface area contributed by atoms with Crippen LogP contribution in [0.4, 0.5) is 0 Å². The van der Waals surface area contributed by atoms with E-state index in [1.807, 2.05) is 0 Å². The molecule has 0 bridgehead atoms. The maximum atomic E-state index is 3.92. The second-order valence-electron chi connectivity index (χ2n) is 4.16. The van der Waals surface area contributed by atoms with Crippen molar-refractivity contribution >= 4 is 0 Å². The molecule has 0 saturated carbocycles. The lowest BCUT2D eigenvalue weighted by molar-refractivity contribution is 0.632. The van der Waals surface area contributed by atoms with Gasteiger partial charge in [-0.05, 0) is 37.7 Å². The lowest BCUT2D eigenvalue weighted by atomic mass is 9.95. The minimum atomic E-state index is 0.676. The van der Waals surface area contributed by atoms with Crippen LogP contribution in [0.1, 0.15) is 44.6 Å². The van der Waals surface area contributed by atoms with Crippen LogP contribution in [-0.2, 0) is 0 Å². The highest BCUT2D eigenvalue weighted by atomic mass is 14.1. The number of hydrogen-bond acceptors (Lipinski definition) is 0. The van der Waals surface area contributed by atoms with Gasteiger partial charge in [0.05, 0.1) is 0 Å². The summed E-state index contributed by atoms with van der Waals surface area (Å²) in [5, 5.41) is 0. The van der Waals surface area contributed by atoms with Crippen LogP contribution >= 0.6 is 0 Å². The van der Waals surface area contributed by atoms with Crippen molar-refractivity contribution in [1.82, 2.24) is 0 Å². The third-order valence-corrected chi connectivity index (χ3v) is 2.61. The van der Waals surface area contributed by atoms with E-state index >= 15 is 0 Å². The molecule has 0 fully saturated rings. The highest BCUT2D eigenvalue weighted by Crippen LogP contribution is 2.21. The Kier molecular flexibility index (Phi) is 4.45. The van der Waals surface area contributed by atoms with Crippen molar-refractivity contribution in [2.75, 3.05) is 0 Å². The van der Waals surface area contributed by atoms with Gasteiger partial charge in [0.15, 0.2) is 0 Å². The average molecular weight is 188 g/mol. The molecule has 14 heavy (non-hydrogen) atoms. The molecule has 0 radical (unpaired) electrons. The average Bonchev–Trinajstić information content (AvgIpc) is 2.18. The fraction of sp³-hybridized carbons (Fsp3) is 0.429. The first kappa shape index (κ1) is 11.0. The first-order valence-corrected chi connectivity index (χ1v) is 5.39. The Morgan fingerprint density at radius 2 is 1.93 bits per heavy atom. The fourth-order valence-corrected chi connectivity index (χ4v) is 1.66. The van der Waals surface area contributed by atoms with E-state index in [0.717, 1.165) is 6.42 Å². The summed E-state index contributed by atoms with van der Waals surface area (Å²) in [4.78, 5) is 0. The predicted molar refractivity (Wildman–Crippen MR) is 63.5 cm³/mol. The third-order valence-electron chi connectivity index (χ3n) is 2.61. The van der Waals surface area contributed by atoms with Crippen molar-refractivity contribution in [3.8, 4) is 0 Å². The molecule has 1 aromatic rings. The molecule has 0 heteroatoms. The summed E-state index contributed by atoms with van der Waals surface area (Å²) in [7, 11) is 0. The largest absolute Gasteiger partial charge is 0.100 e. The van der Waals surface area contributed by atoms with Crippen LogP contribution in [0.15, 0.2) is 42.5 Å². The molecular formula is C14H20. The van der Waals surface area contributed by atoms with E-state index in [9.17, 15) is 0 Å². The summed E-state index contributed by atoms with van der Waals surface area (Å²) in [6.07, 6.45) is 3.68. The Morgan fingerprint density at radius 3 is 2.50 bits per heavy atom. The molecule has 1 rings (SSSR count). The van der Waals surface area contributed by atoms with Gasteiger partial charge in [-0.1, -0.05) is 42.8 Å². The lowest BCUT2D eigenvalue weighted by Crippen LogP contribution is -1.93. The number of hydrogen-bond donors (Lipinski definition) is 0. The molecule has 0 aliphatic rings. The Labute approximate surface area is 87.7 Å². The van der Waals surface area contributed by atoms with Gasteiger partial charge in [0.2, 0.25) is 0 Å². The summed E-state index contributed by atoms with van der Waals surface area (Å²) in [6.45, 7) is 8.33. The van der Waals surface area contributed by atoms with Crippen molar-refractivity contribution in [2.24, 2.45) is 0 Å². The number of benzene rings is 1. The molecular weight excluding hydrogens is 168 g/mol. The van der Waals surface area contributed by atoms with Gasteiger partial charge in [-0.3, -0.25) is 0 Å². The summed E-state index contributed by atoms with van der Waals surface area (Å²) in [5.41, 5.74) is 2.75. The molecule has 76 valence electrons. The van der Waals surface area contributed by atoms with Gasteiger partial charge in [-0.15, -0.1) is 6.58 Å².